The van der Waals surface area contributed by atoms with E-state index in [9.17, 15) is 9.18 Å². The zero-order valence-corrected chi connectivity index (χ0v) is 9.74. The van der Waals surface area contributed by atoms with Crippen molar-refractivity contribution in [1.82, 2.24) is 4.98 Å². The lowest BCUT2D eigenvalue weighted by atomic mass is 10.1. The Hall–Kier alpha value is -1.55. The molecule has 0 unspecified atom stereocenters. The average molecular weight is 280 g/mol. The predicted octanol–water partition coefficient (Wildman–Crippen LogP) is 3.46. The van der Waals surface area contributed by atoms with Crippen LogP contribution in [0.25, 0.3) is 11.1 Å². The van der Waals surface area contributed by atoms with Gasteiger partial charge in [-0.15, -0.1) is 0 Å². The second-order valence-electron chi connectivity index (χ2n) is 3.19. The van der Waals surface area contributed by atoms with E-state index in [-0.39, 0.29) is 5.82 Å². The summed E-state index contributed by atoms with van der Waals surface area (Å²) in [4.78, 5) is 14.3. The van der Waals surface area contributed by atoms with Gasteiger partial charge in [0.05, 0.1) is 0 Å². The van der Waals surface area contributed by atoms with E-state index in [1.165, 1.54) is 12.3 Å². The molecule has 0 saturated heterocycles. The Morgan fingerprint density at radius 3 is 2.62 bits per heavy atom. The molecule has 1 heterocycles. The molecule has 0 aliphatic rings. The molecular weight excluding hydrogens is 273 g/mol. The molecule has 0 aliphatic heterocycles. The minimum absolute atomic E-state index is 0.324. The minimum atomic E-state index is -0.324. The number of hydrogen-bond donors (Lipinski definition) is 0. The van der Waals surface area contributed by atoms with Gasteiger partial charge in [0.1, 0.15) is 11.5 Å². The van der Waals surface area contributed by atoms with Crippen molar-refractivity contribution in [3.63, 3.8) is 0 Å². The molecule has 0 bridgehead atoms. The molecule has 0 radical (unpaired) electrons. The Morgan fingerprint density at radius 2 is 2.06 bits per heavy atom. The Morgan fingerprint density at radius 1 is 1.25 bits per heavy atom. The summed E-state index contributed by atoms with van der Waals surface area (Å²) < 4.78 is 14.3. The fourth-order valence-electron chi connectivity index (χ4n) is 1.40. The number of pyridine rings is 1. The summed E-state index contributed by atoms with van der Waals surface area (Å²) in [5, 5.41) is 0. The molecule has 4 heteroatoms. The van der Waals surface area contributed by atoms with Crippen LogP contribution in [0.3, 0.4) is 0 Å². The van der Waals surface area contributed by atoms with Crippen LogP contribution in [-0.2, 0) is 0 Å². The molecule has 0 atom stereocenters. The van der Waals surface area contributed by atoms with Gasteiger partial charge >= 0.3 is 0 Å². The molecule has 0 amide bonds. The summed E-state index contributed by atoms with van der Waals surface area (Å²) in [5.74, 6) is -0.324. The molecule has 2 aromatic rings. The maximum Gasteiger partial charge on any atom is 0.168 e. The van der Waals surface area contributed by atoms with Crippen LogP contribution in [0.2, 0.25) is 0 Å². The van der Waals surface area contributed by atoms with Crippen LogP contribution < -0.4 is 0 Å². The van der Waals surface area contributed by atoms with Crippen LogP contribution in [-0.4, -0.2) is 11.3 Å². The number of nitrogens with zero attached hydrogens (tertiary/aromatic N) is 1. The fourth-order valence-corrected chi connectivity index (χ4v) is 1.97. The second kappa shape index (κ2) is 4.53. The average Bonchev–Trinajstić information content (AvgIpc) is 2.30. The monoisotopic (exact) mass is 279 g/mol. The van der Waals surface area contributed by atoms with Crippen molar-refractivity contribution in [3.8, 4) is 11.1 Å². The van der Waals surface area contributed by atoms with Crippen LogP contribution in [0.5, 0.6) is 0 Å². The van der Waals surface area contributed by atoms with Crippen LogP contribution >= 0.6 is 15.9 Å². The first-order valence-corrected chi connectivity index (χ1v) is 5.37. The van der Waals surface area contributed by atoms with Crippen molar-refractivity contribution in [2.45, 2.75) is 0 Å². The van der Waals surface area contributed by atoms with E-state index in [0.717, 1.165) is 0 Å². The van der Waals surface area contributed by atoms with Crippen molar-refractivity contribution >= 4 is 22.2 Å². The molecule has 80 valence electrons. The highest BCUT2D eigenvalue weighted by atomic mass is 79.9. The van der Waals surface area contributed by atoms with E-state index in [2.05, 4.69) is 20.9 Å². The molecule has 0 spiro atoms. The summed E-state index contributed by atoms with van der Waals surface area (Å²) in [6, 6.07) is 7.98. The quantitative estimate of drug-likeness (QED) is 0.788. The van der Waals surface area contributed by atoms with Gasteiger partial charge < -0.3 is 0 Å². The maximum absolute atomic E-state index is 13.6. The third-order valence-corrected chi connectivity index (χ3v) is 2.82. The number of rotatable bonds is 2. The van der Waals surface area contributed by atoms with Gasteiger partial charge in [-0.2, -0.15) is 0 Å². The fraction of sp³-hybridized carbons (Fsp3) is 0. The molecule has 1 aromatic carbocycles. The predicted molar refractivity (Wildman–Crippen MR) is 62.7 cm³/mol. The summed E-state index contributed by atoms with van der Waals surface area (Å²) in [6.45, 7) is 0. The largest absolute Gasteiger partial charge is 0.296 e. The van der Waals surface area contributed by atoms with Gasteiger partial charge in [-0.1, -0.05) is 28.1 Å². The van der Waals surface area contributed by atoms with Gasteiger partial charge in [-0.3, -0.25) is 9.78 Å². The van der Waals surface area contributed by atoms with Crippen molar-refractivity contribution in [2.75, 3.05) is 0 Å². The lowest BCUT2D eigenvalue weighted by Gasteiger charge is -2.05. The van der Waals surface area contributed by atoms with Crippen molar-refractivity contribution < 1.29 is 9.18 Å². The molecule has 0 saturated carbocycles. The van der Waals surface area contributed by atoms with E-state index in [1.807, 2.05) is 0 Å². The zero-order valence-electron chi connectivity index (χ0n) is 8.15. The lowest BCUT2D eigenvalue weighted by Crippen LogP contribution is -1.90. The summed E-state index contributed by atoms with van der Waals surface area (Å²) in [7, 11) is 0. The number of benzene rings is 1. The molecule has 0 fully saturated rings. The summed E-state index contributed by atoms with van der Waals surface area (Å²) >= 11 is 3.28. The van der Waals surface area contributed by atoms with Crippen LogP contribution in [0, 0.1) is 5.82 Å². The van der Waals surface area contributed by atoms with E-state index >= 15 is 0 Å². The maximum atomic E-state index is 13.6. The van der Waals surface area contributed by atoms with Gasteiger partial charge in [0.25, 0.3) is 0 Å². The number of aromatic nitrogens is 1. The van der Waals surface area contributed by atoms with Crippen LogP contribution in [0.1, 0.15) is 10.5 Å². The minimum Gasteiger partial charge on any atom is -0.296 e. The Bertz CT molecular complexity index is 505. The SMILES string of the molecule is O=Cc1ccc(-c2c(F)cccc2Br)cn1. The number of aldehydes is 1. The topological polar surface area (TPSA) is 30.0 Å². The number of hydrogen-bond acceptors (Lipinski definition) is 2. The van der Waals surface area contributed by atoms with E-state index in [4.69, 9.17) is 0 Å². The third-order valence-electron chi connectivity index (χ3n) is 2.16. The lowest BCUT2D eigenvalue weighted by molar-refractivity contribution is 0.111. The molecule has 0 N–H and O–H groups in total. The van der Waals surface area contributed by atoms with Gasteiger partial charge in [-0.25, -0.2) is 4.39 Å². The van der Waals surface area contributed by atoms with Gasteiger partial charge in [0, 0.05) is 21.8 Å². The van der Waals surface area contributed by atoms with E-state index in [0.29, 0.717) is 27.6 Å². The first kappa shape index (κ1) is 11.0. The summed E-state index contributed by atoms with van der Waals surface area (Å²) in [6.07, 6.45) is 2.13. The third kappa shape index (κ3) is 2.02. The first-order valence-electron chi connectivity index (χ1n) is 4.58. The normalized spacial score (nSPS) is 10.1. The highest BCUT2D eigenvalue weighted by Crippen LogP contribution is 2.30. The summed E-state index contributed by atoms with van der Waals surface area (Å²) in [5.41, 5.74) is 1.42. The number of carbonyl (C=O) groups is 1. The Balaban J connectivity index is 2.54. The molecule has 2 nitrogen and oxygen atoms in total. The van der Waals surface area contributed by atoms with E-state index < -0.39 is 0 Å². The molecule has 1 aromatic heterocycles. The van der Waals surface area contributed by atoms with Crippen LogP contribution in [0.15, 0.2) is 41.0 Å². The highest BCUT2D eigenvalue weighted by Gasteiger charge is 2.09. The van der Waals surface area contributed by atoms with Gasteiger partial charge in [-0.05, 0) is 18.2 Å². The van der Waals surface area contributed by atoms with Gasteiger partial charge in [0.15, 0.2) is 6.29 Å². The molecule has 0 aliphatic carbocycles. The molecule has 2 rings (SSSR count). The Kier molecular flexibility index (Phi) is 3.10. The van der Waals surface area contributed by atoms with Gasteiger partial charge in [0.2, 0.25) is 0 Å². The molecule has 16 heavy (non-hydrogen) atoms. The van der Waals surface area contributed by atoms with Crippen molar-refractivity contribution in [3.05, 3.63) is 52.5 Å². The van der Waals surface area contributed by atoms with E-state index in [1.54, 1.807) is 24.3 Å². The standard InChI is InChI=1S/C12H7BrFNO/c13-10-2-1-3-11(14)12(10)8-4-5-9(7-16)15-6-8/h1-7H. The number of carbonyl (C=O) groups excluding carboxylic acids is 1. The smallest absolute Gasteiger partial charge is 0.168 e. The van der Waals surface area contributed by atoms with Crippen molar-refractivity contribution in [2.24, 2.45) is 0 Å². The van der Waals surface area contributed by atoms with Crippen LogP contribution in [0.4, 0.5) is 4.39 Å². The number of halogens is 2. The first-order chi connectivity index (χ1) is 7.72. The molecular formula is C12H7BrFNO. The second-order valence-corrected chi connectivity index (χ2v) is 4.04. The zero-order chi connectivity index (χ0) is 11.5. The van der Waals surface area contributed by atoms with Crippen molar-refractivity contribution in [1.29, 1.82) is 0 Å². The Labute approximate surface area is 100 Å². The highest BCUT2D eigenvalue weighted by molar-refractivity contribution is 9.10.